The number of benzene rings is 2. The van der Waals surface area contributed by atoms with Crippen LogP contribution in [0.1, 0.15) is 43.6 Å². The van der Waals surface area contributed by atoms with Gasteiger partial charge in [-0.1, -0.05) is 76.2 Å². The smallest absolute Gasteiger partial charge is 0.338 e. The maximum Gasteiger partial charge on any atom is 0.338 e. The normalized spacial score (nSPS) is 8.40. The second-order valence-electron chi connectivity index (χ2n) is 3.43. The molecule has 108 valence electrons. The van der Waals surface area contributed by atoms with Gasteiger partial charge in [-0.3, -0.25) is 0 Å². The van der Waals surface area contributed by atoms with Gasteiger partial charge in [-0.25, -0.2) is 4.79 Å². The van der Waals surface area contributed by atoms with Gasteiger partial charge in [0.25, 0.3) is 0 Å². The molecule has 0 fully saturated rings. The Balaban J connectivity index is 0.000000829. The molecule has 2 nitrogen and oxygen atoms in total. The van der Waals surface area contributed by atoms with Crippen LogP contribution in [0.3, 0.4) is 0 Å². The predicted octanol–water partition coefficient (Wildman–Crippen LogP) is 5.10. The van der Waals surface area contributed by atoms with Crippen molar-refractivity contribution in [2.24, 2.45) is 0 Å². The summed E-state index contributed by atoms with van der Waals surface area (Å²) < 4.78 is 5.18. The Morgan fingerprint density at radius 2 is 1.25 bits per heavy atom. The van der Waals surface area contributed by atoms with Gasteiger partial charge < -0.3 is 4.74 Å². The molecule has 0 aliphatic rings. The van der Waals surface area contributed by atoms with Crippen LogP contribution in [0.2, 0.25) is 0 Å². The Morgan fingerprint density at radius 1 is 0.800 bits per heavy atom. The van der Waals surface area contributed by atoms with Crippen molar-refractivity contribution in [1.29, 1.82) is 0 Å². The highest BCUT2D eigenvalue weighted by molar-refractivity contribution is 5.89. The van der Waals surface area contributed by atoms with Crippen LogP contribution in [0.15, 0.2) is 60.7 Å². The third kappa shape index (κ3) is 6.74. The van der Waals surface area contributed by atoms with Crippen molar-refractivity contribution in [2.75, 3.05) is 0 Å². The minimum atomic E-state index is -0.288. The molecule has 0 unspecified atom stereocenters. The third-order valence-corrected chi connectivity index (χ3v) is 2.22. The average molecular weight is 272 g/mol. The first-order chi connectivity index (χ1) is 9.86. The van der Waals surface area contributed by atoms with E-state index in [1.165, 1.54) is 0 Å². The van der Waals surface area contributed by atoms with Crippen molar-refractivity contribution in [3.05, 3.63) is 71.8 Å². The van der Waals surface area contributed by atoms with Gasteiger partial charge >= 0.3 is 5.97 Å². The molecule has 0 heterocycles. The van der Waals surface area contributed by atoms with E-state index in [1.807, 2.05) is 76.2 Å². The van der Waals surface area contributed by atoms with Crippen LogP contribution < -0.4 is 0 Å². The molecule has 0 atom stereocenters. The van der Waals surface area contributed by atoms with E-state index in [0.717, 1.165) is 5.56 Å². The van der Waals surface area contributed by atoms with Gasteiger partial charge in [0.1, 0.15) is 6.61 Å². The fourth-order valence-electron chi connectivity index (χ4n) is 1.38. The maximum atomic E-state index is 11.6. The number of hydrogen-bond donors (Lipinski definition) is 0. The van der Waals surface area contributed by atoms with Gasteiger partial charge in [0.15, 0.2) is 0 Å². The van der Waals surface area contributed by atoms with Crippen LogP contribution in [0, 0.1) is 0 Å². The van der Waals surface area contributed by atoms with Crippen molar-refractivity contribution in [1.82, 2.24) is 0 Å². The molecule has 0 spiro atoms. The lowest BCUT2D eigenvalue weighted by Crippen LogP contribution is -2.04. The second-order valence-corrected chi connectivity index (χ2v) is 3.43. The van der Waals surface area contributed by atoms with E-state index in [0.29, 0.717) is 12.2 Å². The number of rotatable bonds is 3. The lowest BCUT2D eigenvalue weighted by Gasteiger charge is -2.04. The molecular weight excluding hydrogens is 248 g/mol. The Kier molecular flexibility index (Phi) is 10.7. The number of esters is 1. The maximum absolute atomic E-state index is 11.6. The van der Waals surface area contributed by atoms with E-state index >= 15 is 0 Å². The van der Waals surface area contributed by atoms with E-state index in [-0.39, 0.29) is 5.97 Å². The Hall–Kier alpha value is -2.09. The molecule has 0 radical (unpaired) electrons. The van der Waals surface area contributed by atoms with Crippen LogP contribution in [0.25, 0.3) is 0 Å². The van der Waals surface area contributed by atoms with E-state index in [9.17, 15) is 4.79 Å². The molecular formula is C18H24O2. The van der Waals surface area contributed by atoms with Crippen LogP contribution in [0.4, 0.5) is 0 Å². The molecule has 0 aliphatic heterocycles. The molecule has 0 amide bonds. The van der Waals surface area contributed by atoms with Gasteiger partial charge in [-0.05, 0) is 17.7 Å². The van der Waals surface area contributed by atoms with Gasteiger partial charge in [0.2, 0.25) is 0 Å². The largest absolute Gasteiger partial charge is 0.457 e. The van der Waals surface area contributed by atoms with Crippen LogP contribution in [0.5, 0.6) is 0 Å². The predicted molar refractivity (Wildman–Crippen MR) is 84.7 cm³/mol. The fraction of sp³-hybridized carbons (Fsp3) is 0.278. The summed E-state index contributed by atoms with van der Waals surface area (Å²) >= 11 is 0. The Bertz CT molecular complexity index is 449. The van der Waals surface area contributed by atoms with Crippen LogP contribution in [-0.2, 0) is 11.3 Å². The summed E-state index contributed by atoms with van der Waals surface area (Å²) in [6.07, 6.45) is 0. The second kappa shape index (κ2) is 12.0. The SMILES string of the molecule is CC.CC.O=C(OCc1ccccc1)c1ccccc1. The molecule has 0 aliphatic carbocycles. The highest BCUT2D eigenvalue weighted by Crippen LogP contribution is 2.05. The summed E-state index contributed by atoms with van der Waals surface area (Å²) in [4.78, 5) is 11.6. The van der Waals surface area contributed by atoms with E-state index in [1.54, 1.807) is 12.1 Å². The molecule has 2 rings (SSSR count). The summed E-state index contributed by atoms with van der Waals surface area (Å²) in [6.45, 7) is 8.31. The molecule has 20 heavy (non-hydrogen) atoms. The van der Waals surface area contributed by atoms with E-state index in [2.05, 4.69) is 0 Å². The first kappa shape index (κ1) is 17.9. The zero-order valence-corrected chi connectivity index (χ0v) is 12.8. The molecule has 0 saturated carbocycles. The summed E-state index contributed by atoms with van der Waals surface area (Å²) in [5.74, 6) is -0.288. The minimum Gasteiger partial charge on any atom is -0.457 e. The van der Waals surface area contributed by atoms with Crippen molar-refractivity contribution < 1.29 is 9.53 Å². The van der Waals surface area contributed by atoms with Crippen molar-refractivity contribution in [2.45, 2.75) is 34.3 Å². The molecule has 2 aromatic carbocycles. The highest BCUT2D eigenvalue weighted by atomic mass is 16.5. The zero-order chi connectivity index (χ0) is 15.2. The fourth-order valence-corrected chi connectivity index (χ4v) is 1.38. The Labute approximate surface area is 122 Å². The monoisotopic (exact) mass is 272 g/mol. The first-order valence-corrected chi connectivity index (χ1v) is 7.12. The number of ether oxygens (including phenoxy) is 1. The van der Waals surface area contributed by atoms with E-state index < -0.39 is 0 Å². The molecule has 2 aromatic rings. The molecule has 0 saturated heterocycles. The highest BCUT2D eigenvalue weighted by Gasteiger charge is 2.05. The van der Waals surface area contributed by atoms with Gasteiger partial charge in [0, 0.05) is 0 Å². The standard InChI is InChI=1S/C14H12O2.2C2H6/c15-14(13-9-5-2-6-10-13)16-11-12-7-3-1-4-8-12;2*1-2/h1-10H,11H2;2*1-2H3. The van der Waals surface area contributed by atoms with Gasteiger partial charge in [0.05, 0.1) is 5.56 Å². The number of carbonyl (C=O) groups excluding carboxylic acids is 1. The summed E-state index contributed by atoms with van der Waals surface area (Å²) in [6, 6.07) is 18.6. The van der Waals surface area contributed by atoms with E-state index in [4.69, 9.17) is 4.74 Å². The van der Waals surface area contributed by atoms with Crippen molar-refractivity contribution in [3.8, 4) is 0 Å². The lowest BCUT2D eigenvalue weighted by atomic mass is 10.2. The summed E-state index contributed by atoms with van der Waals surface area (Å²) in [5, 5.41) is 0. The number of carbonyl (C=O) groups is 1. The minimum absolute atomic E-state index is 0.288. The summed E-state index contributed by atoms with van der Waals surface area (Å²) in [5.41, 5.74) is 1.57. The molecule has 0 bridgehead atoms. The van der Waals surface area contributed by atoms with Crippen molar-refractivity contribution >= 4 is 5.97 Å². The van der Waals surface area contributed by atoms with Gasteiger partial charge in [-0.2, -0.15) is 0 Å². The molecule has 0 aromatic heterocycles. The lowest BCUT2D eigenvalue weighted by molar-refractivity contribution is 0.0472. The third-order valence-electron chi connectivity index (χ3n) is 2.22. The first-order valence-electron chi connectivity index (χ1n) is 7.12. The van der Waals surface area contributed by atoms with Crippen molar-refractivity contribution in [3.63, 3.8) is 0 Å². The van der Waals surface area contributed by atoms with Crippen LogP contribution >= 0.6 is 0 Å². The molecule has 0 N–H and O–H groups in total. The summed E-state index contributed by atoms with van der Waals surface area (Å²) in [7, 11) is 0. The molecule has 2 heteroatoms. The Morgan fingerprint density at radius 3 is 1.75 bits per heavy atom. The van der Waals surface area contributed by atoms with Crippen LogP contribution in [-0.4, -0.2) is 5.97 Å². The topological polar surface area (TPSA) is 26.3 Å². The quantitative estimate of drug-likeness (QED) is 0.727. The number of hydrogen-bond acceptors (Lipinski definition) is 2. The average Bonchev–Trinajstić information content (AvgIpc) is 2.58. The zero-order valence-electron chi connectivity index (χ0n) is 12.8. The van der Waals surface area contributed by atoms with Gasteiger partial charge in [-0.15, -0.1) is 0 Å².